The minimum Gasteiger partial charge on any atom is -0.393 e. The van der Waals surface area contributed by atoms with Crippen LogP contribution in [0.5, 0.6) is 0 Å². The largest absolute Gasteiger partial charge is 0.393 e. The van der Waals surface area contributed by atoms with E-state index < -0.39 is 5.60 Å². The number of aliphatic hydroxyl groups is 2. The first kappa shape index (κ1) is 21.7. The van der Waals surface area contributed by atoms with Crippen LogP contribution in [0.15, 0.2) is 23.8 Å². The molecule has 0 aliphatic heterocycles. The zero-order valence-electron chi connectivity index (χ0n) is 18.0. The Labute approximate surface area is 161 Å². The summed E-state index contributed by atoms with van der Waals surface area (Å²) in [5.74, 6) is 0.429. The van der Waals surface area contributed by atoms with E-state index in [2.05, 4.69) is 59.8 Å². The molecule has 0 aromatic rings. The molecular weight excluding hydrogens is 320 g/mol. The molecule has 1 fully saturated rings. The molecule has 0 saturated heterocycles. The molecule has 150 valence electrons. The molecule has 2 N–H and O–H groups in total. The van der Waals surface area contributed by atoms with Crippen molar-refractivity contribution in [2.45, 2.75) is 105 Å². The maximum atomic E-state index is 11.8. The van der Waals surface area contributed by atoms with Crippen LogP contribution < -0.4 is 0 Å². The Morgan fingerprint density at radius 2 is 1.88 bits per heavy atom. The molecule has 2 rings (SSSR count). The summed E-state index contributed by atoms with van der Waals surface area (Å²) in [5, 5.41) is 22.2. The van der Waals surface area contributed by atoms with Crippen LogP contribution >= 0.6 is 0 Å². The van der Waals surface area contributed by atoms with E-state index in [9.17, 15) is 10.2 Å². The molecule has 5 unspecified atom stereocenters. The Morgan fingerprint density at radius 1 is 1.19 bits per heavy atom. The van der Waals surface area contributed by atoms with Gasteiger partial charge in [-0.05, 0) is 37.5 Å². The average molecular weight is 363 g/mol. The van der Waals surface area contributed by atoms with Crippen LogP contribution in [-0.4, -0.2) is 21.9 Å². The lowest BCUT2D eigenvalue weighted by Crippen LogP contribution is -2.56. The highest BCUT2D eigenvalue weighted by molar-refractivity contribution is 5.31. The molecule has 0 amide bonds. The first-order chi connectivity index (χ1) is 12.1. The van der Waals surface area contributed by atoms with Gasteiger partial charge in [0.15, 0.2) is 0 Å². The molecule has 1 saturated carbocycles. The van der Waals surface area contributed by atoms with E-state index in [0.29, 0.717) is 12.3 Å². The SMILES string of the molecule is CCCCCCC(C)(C)C1(C)C=CC=C(C)C1C1(O)CC(C)CC(O)C1. The van der Waals surface area contributed by atoms with Crippen molar-refractivity contribution < 1.29 is 10.2 Å². The summed E-state index contributed by atoms with van der Waals surface area (Å²) in [6, 6.07) is 0. The second kappa shape index (κ2) is 8.19. The maximum Gasteiger partial charge on any atom is 0.0748 e. The van der Waals surface area contributed by atoms with Crippen LogP contribution in [0.1, 0.15) is 92.9 Å². The fourth-order valence-electron chi connectivity index (χ4n) is 5.89. The number of allylic oxidation sites excluding steroid dienone is 3. The monoisotopic (exact) mass is 362 g/mol. The van der Waals surface area contributed by atoms with Gasteiger partial charge in [-0.1, -0.05) is 84.1 Å². The molecule has 2 heteroatoms. The molecule has 0 spiro atoms. The molecular formula is C24H42O2. The van der Waals surface area contributed by atoms with Gasteiger partial charge in [0.25, 0.3) is 0 Å². The summed E-state index contributed by atoms with van der Waals surface area (Å²) >= 11 is 0. The van der Waals surface area contributed by atoms with Crippen molar-refractivity contribution in [1.29, 1.82) is 0 Å². The van der Waals surface area contributed by atoms with Crippen LogP contribution in [0.2, 0.25) is 0 Å². The lowest BCUT2D eigenvalue weighted by atomic mass is 9.49. The van der Waals surface area contributed by atoms with E-state index in [1.807, 2.05) is 0 Å². The normalized spacial score (nSPS) is 38.3. The van der Waals surface area contributed by atoms with Gasteiger partial charge in [0.2, 0.25) is 0 Å². The topological polar surface area (TPSA) is 40.5 Å². The molecule has 0 heterocycles. The number of hydrogen-bond acceptors (Lipinski definition) is 2. The third kappa shape index (κ3) is 4.28. The van der Waals surface area contributed by atoms with Crippen LogP contribution in [0.4, 0.5) is 0 Å². The van der Waals surface area contributed by atoms with Gasteiger partial charge < -0.3 is 10.2 Å². The van der Waals surface area contributed by atoms with Crippen LogP contribution in [-0.2, 0) is 0 Å². The van der Waals surface area contributed by atoms with E-state index >= 15 is 0 Å². The summed E-state index contributed by atoms with van der Waals surface area (Å²) < 4.78 is 0. The number of aliphatic hydroxyl groups excluding tert-OH is 1. The molecule has 5 atom stereocenters. The highest BCUT2D eigenvalue weighted by atomic mass is 16.3. The molecule has 0 bridgehead atoms. The predicted octanol–water partition coefficient (Wildman–Crippen LogP) is 6.03. The van der Waals surface area contributed by atoms with Crippen LogP contribution in [0.3, 0.4) is 0 Å². The van der Waals surface area contributed by atoms with Crippen LogP contribution in [0.25, 0.3) is 0 Å². The van der Waals surface area contributed by atoms with E-state index in [1.54, 1.807) is 0 Å². The molecule has 26 heavy (non-hydrogen) atoms. The summed E-state index contributed by atoms with van der Waals surface area (Å²) in [5.41, 5.74) is 0.431. The van der Waals surface area contributed by atoms with Crippen molar-refractivity contribution in [1.82, 2.24) is 0 Å². The molecule has 2 aliphatic rings. The third-order valence-electron chi connectivity index (χ3n) is 7.47. The Hall–Kier alpha value is -0.600. The van der Waals surface area contributed by atoms with Crippen molar-refractivity contribution in [3.8, 4) is 0 Å². The Morgan fingerprint density at radius 3 is 2.50 bits per heavy atom. The van der Waals surface area contributed by atoms with Gasteiger partial charge in [-0.15, -0.1) is 0 Å². The second-order valence-electron chi connectivity index (χ2n) is 10.2. The molecule has 2 aliphatic carbocycles. The van der Waals surface area contributed by atoms with Gasteiger partial charge in [0.1, 0.15) is 0 Å². The summed E-state index contributed by atoms with van der Waals surface area (Å²) in [6.45, 7) is 13.7. The number of hydrogen-bond donors (Lipinski definition) is 2. The highest BCUT2D eigenvalue weighted by Gasteiger charge is 2.55. The molecule has 0 aromatic heterocycles. The first-order valence-electron chi connectivity index (χ1n) is 10.8. The molecule has 0 aromatic carbocycles. The van der Waals surface area contributed by atoms with Crippen molar-refractivity contribution >= 4 is 0 Å². The summed E-state index contributed by atoms with van der Waals surface area (Å²) in [7, 11) is 0. The fourth-order valence-corrected chi connectivity index (χ4v) is 5.89. The summed E-state index contributed by atoms with van der Waals surface area (Å²) in [6.07, 6.45) is 14.7. The van der Waals surface area contributed by atoms with E-state index in [1.165, 1.54) is 37.7 Å². The van der Waals surface area contributed by atoms with Gasteiger partial charge in [0, 0.05) is 17.8 Å². The Kier molecular flexibility index (Phi) is 6.83. The van der Waals surface area contributed by atoms with Gasteiger partial charge in [0.05, 0.1) is 11.7 Å². The average Bonchev–Trinajstić information content (AvgIpc) is 2.49. The minimum atomic E-state index is -0.822. The quantitative estimate of drug-likeness (QED) is 0.543. The van der Waals surface area contributed by atoms with Crippen molar-refractivity contribution in [2.24, 2.45) is 22.7 Å². The van der Waals surface area contributed by atoms with Gasteiger partial charge in [-0.25, -0.2) is 0 Å². The van der Waals surface area contributed by atoms with Gasteiger partial charge in [-0.3, -0.25) is 0 Å². The zero-order valence-corrected chi connectivity index (χ0v) is 18.0. The molecule has 2 nitrogen and oxygen atoms in total. The highest BCUT2D eigenvalue weighted by Crippen LogP contribution is 2.58. The Bertz CT molecular complexity index is 520. The third-order valence-corrected chi connectivity index (χ3v) is 7.47. The smallest absolute Gasteiger partial charge is 0.0748 e. The first-order valence-corrected chi connectivity index (χ1v) is 10.8. The standard InChI is InChI=1S/C24H42O2/c1-7-8-9-10-13-22(4,5)23(6)14-11-12-19(3)21(23)24(26)16-18(2)15-20(25)17-24/h11-12,14,18,20-21,25-26H,7-10,13,15-17H2,1-6H3. The minimum absolute atomic E-state index is 0.0681. The molecule has 0 radical (unpaired) electrons. The maximum absolute atomic E-state index is 11.8. The van der Waals surface area contributed by atoms with Crippen molar-refractivity contribution in [3.05, 3.63) is 23.8 Å². The Balaban J connectivity index is 2.32. The van der Waals surface area contributed by atoms with Gasteiger partial charge in [-0.2, -0.15) is 0 Å². The summed E-state index contributed by atoms with van der Waals surface area (Å²) in [4.78, 5) is 0. The second-order valence-corrected chi connectivity index (χ2v) is 10.2. The van der Waals surface area contributed by atoms with Crippen molar-refractivity contribution in [3.63, 3.8) is 0 Å². The van der Waals surface area contributed by atoms with E-state index in [0.717, 1.165) is 12.8 Å². The van der Waals surface area contributed by atoms with Crippen molar-refractivity contribution in [2.75, 3.05) is 0 Å². The van der Waals surface area contributed by atoms with E-state index in [4.69, 9.17) is 0 Å². The fraction of sp³-hybridized carbons (Fsp3) is 0.833. The lowest BCUT2D eigenvalue weighted by Gasteiger charge is -2.57. The van der Waals surface area contributed by atoms with Crippen LogP contribution in [0, 0.1) is 22.7 Å². The van der Waals surface area contributed by atoms with E-state index in [-0.39, 0.29) is 22.9 Å². The lowest BCUT2D eigenvalue weighted by molar-refractivity contribution is -0.133. The zero-order chi connectivity index (χ0) is 19.6. The number of rotatable bonds is 7. The number of unbranched alkanes of at least 4 members (excludes halogenated alkanes) is 3. The predicted molar refractivity (Wildman–Crippen MR) is 111 cm³/mol. The van der Waals surface area contributed by atoms with Gasteiger partial charge >= 0.3 is 0 Å².